The van der Waals surface area contributed by atoms with E-state index in [9.17, 15) is 0 Å². The van der Waals surface area contributed by atoms with Crippen molar-refractivity contribution in [1.82, 2.24) is 19.3 Å². The molecule has 1 N–H and O–H groups in total. The summed E-state index contributed by atoms with van der Waals surface area (Å²) >= 11 is 0. The maximum Gasteiger partial charge on any atom is 0.203 e. The van der Waals surface area contributed by atoms with Crippen LogP contribution in [0.1, 0.15) is 23.9 Å². The Morgan fingerprint density at radius 3 is 3.12 bits per heavy atom. The van der Waals surface area contributed by atoms with Crippen molar-refractivity contribution in [2.75, 3.05) is 11.9 Å². The second-order valence-corrected chi connectivity index (χ2v) is 4.22. The summed E-state index contributed by atoms with van der Waals surface area (Å²) in [6, 6.07) is 2.43. The summed E-state index contributed by atoms with van der Waals surface area (Å²) in [6.45, 7) is 2.99. The smallest absolute Gasteiger partial charge is 0.203 e. The normalized spacial score (nSPS) is 19.2. The lowest BCUT2D eigenvalue weighted by atomic mass is 10.1. The van der Waals surface area contributed by atoms with Crippen LogP contribution < -0.4 is 5.32 Å². The van der Waals surface area contributed by atoms with Gasteiger partial charge in [0.1, 0.15) is 0 Å². The number of imidazole rings is 1. The number of aromatic nitrogens is 4. The van der Waals surface area contributed by atoms with E-state index in [-0.39, 0.29) is 0 Å². The Labute approximate surface area is 94.1 Å². The summed E-state index contributed by atoms with van der Waals surface area (Å²) in [5.74, 6) is 0.968. The third-order valence-electron chi connectivity index (χ3n) is 3.09. The van der Waals surface area contributed by atoms with Crippen LogP contribution in [0.15, 0.2) is 18.5 Å². The van der Waals surface area contributed by atoms with Gasteiger partial charge in [0.05, 0.1) is 17.4 Å². The minimum absolute atomic E-state index is 0.352. The standard InChI is InChI=1S/C11H15N5/c1-8-7-16-10(3-5-12-11(16)14-8)9-4-6-13-15(9)2/h4,6-7,10H,3,5H2,1-2H3,(H,12,14). The van der Waals surface area contributed by atoms with Crippen LogP contribution in [0.4, 0.5) is 5.95 Å². The van der Waals surface area contributed by atoms with Crippen molar-refractivity contribution in [3.63, 3.8) is 0 Å². The summed E-state index contributed by atoms with van der Waals surface area (Å²) in [5.41, 5.74) is 2.29. The van der Waals surface area contributed by atoms with Gasteiger partial charge in [-0.3, -0.25) is 4.68 Å². The summed E-state index contributed by atoms with van der Waals surface area (Å²) in [6.07, 6.45) is 5.02. The summed E-state index contributed by atoms with van der Waals surface area (Å²) in [4.78, 5) is 4.46. The van der Waals surface area contributed by atoms with Crippen LogP contribution in [-0.4, -0.2) is 25.9 Å². The maximum absolute atomic E-state index is 4.46. The Morgan fingerprint density at radius 1 is 1.50 bits per heavy atom. The second-order valence-electron chi connectivity index (χ2n) is 4.22. The number of nitrogens with zero attached hydrogens (tertiary/aromatic N) is 4. The first-order valence-corrected chi connectivity index (χ1v) is 5.53. The average molecular weight is 217 g/mol. The Balaban J connectivity index is 2.08. The predicted octanol–water partition coefficient (Wildman–Crippen LogP) is 1.33. The molecule has 0 saturated heterocycles. The van der Waals surface area contributed by atoms with Gasteiger partial charge in [-0.1, -0.05) is 0 Å². The van der Waals surface area contributed by atoms with Crippen LogP contribution in [0.5, 0.6) is 0 Å². The van der Waals surface area contributed by atoms with Crippen molar-refractivity contribution >= 4 is 5.95 Å². The van der Waals surface area contributed by atoms with Crippen LogP contribution in [0.25, 0.3) is 0 Å². The largest absolute Gasteiger partial charge is 0.356 e. The molecule has 0 radical (unpaired) electrons. The summed E-state index contributed by atoms with van der Waals surface area (Å²) in [7, 11) is 1.99. The second kappa shape index (κ2) is 3.37. The van der Waals surface area contributed by atoms with Gasteiger partial charge in [-0.15, -0.1) is 0 Å². The van der Waals surface area contributed by atoms with Crippen LogP contribution in [0.2, 0.25) is 0 Å². The Kier molecular flexibility index (Phi) is 1.99. The van der Waals surface area contributed by atoms with E-state index in [0.29, 0.717) is 6.04 Å². The van der Waals surface area contributed by atoms with Gasteiger partial charge in [0.2, 0.25) is 5.95 Å². The van der Waals surface area contributed by atoms with Gasteiger partial charge in [-0.05, 0) is 19.4 Å². The first kappa shape index (κ1) is 9.45. The molecule has 16 heavy (non-hydrogen) atoms. The van der Waals surface area contributed by atoms with Gasteiger partial charge < -0.3 is 9.88 Å². The first-order chi connectivity index (χ1) is 7.75. The number of hydrogen-bond donors (Lipinski definition) is 1. The van der Waals surface area contributed by atoms with Crippen molar-refractivity contribution in [3.8, 4) is 0 Å². The molecule has 1 aliphatic rings. The molecule has 0 fully saturated rings. The van der Waals surface area contributed by atoms with Gasteiger partial charge in [-0.2, -0.15) is 5.10 Å². The van der Waals surface area contributed by atoms with Crippen LogP contribution in [0, 0.1) is 6.92 Å². The third kappa shape index (κ3) is 1.31. The topological polar surface area (TPSA) is 47.7 Å². The van der Waals surface area contributed by atoms with Crippen molar-refractivity contribution in [2.45, 2.75) is 19.4 Å². The number of fused-ring (bicyclic) bond motifs is 1. The first-order valence-electron chi connectivity index (χ1n) is 5.53. The molecule has 0 aliphatic carbocycles. The molecule has 0 spiro atoms. The SMILES string of the molecule is Cc1cn2c(n1)NCCC2c1ccnn1C. The Bertz CT molecular complexity index is 510. The fraction of sp³-hybridized carbons (Fsp3) is 0.455. The van der Waals surface area contributed by atoms with E-state index in [1.165, 1.54) is 5.69 Å². The Hall–Kier alpha value is -1.78. The average Bonchev–Trinajstić information content (AvgIpc) is 2.82. The number of nitrogens with one attached hydrogen (secondary N) is 1. The van der Waals surface area contributed by atoms with Gasteiger partial charge in [0.25, 0.3) is 0 Å². The molecule has 1 unspecified atom stereocenters. The third-order valence-corrected chi connectivity index (χ3v) is 3.09. The van der Waals surface area contributed by atoms with Gasteiger partial charge in [-0.25, -0.2) is 4.98 Å². The van der Waals surface area contributed by atoms with Crippen LogP contribution in [-0.2, 0) is 7.05 Å². The zero-order valence-electron chi connectivity index (χ0n) is 9.51. The summed E-state index contributed by atoms with van der Waals surface area (Å²) < 4.78 is 4.14. The van der Waals surface area contributed by atoms with E-state index >= 15 is 0 Å². The lowest BCUT2D eigenvalue weighted by Crippen LogP contribution is -2.24. The van der Waals surface area contributed by atoms with E-state index in [1.807, 2.05) is 24.9 Å². The zero-order valence-corrected chi connectivity index (χ0v) is 9.51. The molecule has 5 nitrogen and oxygen atoms in total. The van der Waals surface area contributed by atoms with E-state index < -0.39 is 0 Å². The molecule has 2 aromatic heterocycles. The van der Waals surface area contributed by atoms with Crippen LogP contribution in [0.3, 0.4) is 0 Å². The molecular formula is C11H15N5. The molecule has 0 saturated carbocycles. The molecule has 3 heterocycles. The van der Waals surface area contributed by atoms with Crippen LogP contribution >= 0.6 is 0 Å². The van der Waals surface area contributed by atoms with Crippen molar-refractivity contribution in [1.29, 1.82) is 0 Å². The zero-order chi connectivity index (χ0) is 11.1. The van der Waals surface area contributed by atoms with Gasteiger partial charge >= 0.3 is 0 Å². The molecular weight excluding hydrogens is 202 g/mol. The highest BCUT2D eigenvalue weighted by Crippen LogP contribution is 2.29. The fourth-order valence-electron chi connectivity index (χ4n) is 2.35. The molecule has 2 aromatic rings. The van der Waals surface area contributed by atoms with E-state index in [2.05, 4.69) is 32.2 Å². The van der Waals surface area contributed by atoms with Crippen molar-refractivity contribution in [3.05, 3.63) is 29.8 Å². The van der Waals surface area contributed by atoms with E-state index in [0.717, 1.165) is 24.6 Å². The van der Waals surface area contributed by atoms with Gasteiger partial charge in [0, 0.05) is 26.0 Å². The highest BCUT2D eigenvalue weighted by atomic mass is 15.3. The quantitative estimate of drug-likeness (QED) is 0.784. The number of rotatable bonds is 1. The molecule has 84 valence electrons. The molecule has 1 atom stereocenters. The number of hydrogen-bond acceptors (Lipinski definition) is 3. The molecule has 3 rings (SSSR count). The highest BCUT2D eigenvalue weighted by molar-refractivity contribution is 5.34. The number of anilines is 1. The van der Waals surface area contributed by atoms with E-state index in [1.54, 1.807) is 0 Å². The predicted molar refractivity (Wildman–Crippen MR) is 61.4 cm³/mol. The number of aryl methyl sites for hydroxylation is 2. The summed E-state index contributed by atoms with van der Waals surface area (Å²) in [5, 5.41) is 7.55. The lowest BCUT2D eigenvalue weighted by molar-refractivity contribution is 0.492. The Morgan fingerprint density at radius 2 is 2.38 bits per heavy atom. The van der Waals surface area contributed by atoms with Crippen molar-refractivity contribution in [2.24, 2.45) is 7.05 Å². The minimum atomic E-state index is 0.352. The van der Waals surface area contributed by atoms with Crippen molar-refractivity contribution < 1.29 is 0 Å². The van der Waals surface area contributed by atoms with Gasteiger partial charge in [0.15, 0.2) is 0 Å². The maximum atomic E-state index is 4.46. The molecule has 0 bridgehead atoms. The lowest BCUT2D eigenvalue weighted by Gasteiger charge is -2.26. The fourth-order valence-corrected chi connectivity index (χ4v) is 2.35. The molecule has 0 aromatic carbocycles. The minimum Gasteiger partial charge on any atom is -0.356 e. The van der Waals surface area contributed by atoms with E-state index in [4.69, 9.17) is 0 Å². The monoisotopic (exact) mass is 217 g/mol. The molecule has 0 amide bonds. The highest BCUT2D eigenvalue weighted by Gasteiger charge is 2.23. The molecule has 1 aliphatic heterocycles. The molecule has 5 heteroatoms.